The minimum atomic E-state index is -0.680. The van der Waals surface area contributed by atoms with E-state index in [9.17, 15) is 14.9 Å². The molecule has 9 nitrogen and oxygen atoms in total. The summed E-state index contributed by atoms with van der Waals surface area (Å²) in [5, 5.41) is 13.2. The van der Waals surface area contributed by atoms with Crippen LogP contribution in [0.4, 0.5) is 23.0 Å². The highest BCUT2D eigenvalue weighted by molar-refractivity contribution is 6.31. The summed E-state index contributed by atoms with van der Waals surface area (Å²) >= 11 is 6.20. The molecule has 2 heterocycles. The monoisotopic (exact) mass is 557 g/mol. The largest absolute Gasteiger partial charge is 0.364 e. The van der Waals surface area contributed by atoms with Crippen molar-refractivity contribution < 1.29 is 9.59 Å². The molecule has 1 aliphatic carbocycles. The number of hydrogen-bond acceptors (Lipinski definition) is 7. The van der Waals surface area contributed by atoms with Crippen molar-refractivity contribution in [2.75, 3.05) is 35.3 Å². The molecule has 206 valence electrons. The molecule has 2 amide bonds. The van der Waals surface area contributed by atoms with Crippen LogP contribution in [0.2, 0.25) is 5.02 Å². The van der Waals surface area contributed by atoms with Crippen LogP contribution in [0.1, 0.15) is 53.7 Å². The van der Waals surface area contributed by atoms with Gasteiger partial charge in [-0.15, -0.1) is 0 Å². The molecule has 3 aromatic rings. The number of nitrogens with one attached hydrogen (secondary N) is 1. The maximum absolute atomic E-state index is 13.1. The topological polar surface area (TPSA) is 128 Å². The van der Waals surface area contributed by atoms with Crippen LogP contribution in [0.3, 0.4) is 0 Å². The molecule has 10 heteroatoms. The molecular weight excluding hydrogens is 526 g/mol. The zero-order valence-electron chi connectivity index (χ0n) is 22.7. The number of piperidine rings is 1. The molecule has 2 aromatic carbocycles. The Labute approximate surface area is 239 Å². The highest BCUT2D eigenvalue weighted by Crippen LogP contribution is 2.47. The third-order valence-electron chi connectivity index (χ3n) is 7.75. The fourth-order valence-corrected chi connectivity index (χ4v) is 5.56. The summed E-state index contributed by atoms with van der Waals surface area (Å²) < 4.78 is 0. The van der Waals surface area contributed by atoms with Crippen molar-refractivity contribution in [1.29, 1.82) is 5.26 Å². The lowest BCUT2D eigenvalue weighted by Crippen LogP contribution is -2.39. The molecule has 40 heavy (non-hydrogen) atoms. The van der Waals surface area contributed by atoms with Crippen molar-refractivity contribution in [1.82, 2.24) is 9.97 Å². The second-order valence-electron chi connectivity index (χ2n) is 10.8. The van der Waals surface area contributed by atoms with E-state index in [0.29, 0.717) is 29.5 Å². The first-order valence-corrected chi connectivity index (χ1v) is 13.8. The summed E-state index contributed by atoms with van der Waals surface area (Å²) in [5.74, 6) is 0.371. The second-order valence-corrected chi connectivity index (χ2v) is 11.2. The zero-order valence-corrected chi connectivity index (χ0v) is 23.4. The van der Waals surface area contributed by atoms with E-state index in [1.165, 1.54) is 0 Å². The van der Waals surface area contributed by atoms with E-state index in [0.717, 1.165) is 49.0 Å². The van der Waals surface area contributed by atoms with Gasteiger partial charge in [-0.1, -0.05) is 23.7 Å². The summed E-state index contributed by atoms with van der Waals surface area (Å²) in [4.78, 5) is 38.0. The number of nitrogens with two attached hydrogens (primary N) is 1. The quantitative estimate of drug-likeness (QED) is 0.394. The van der Waals surface area contributed by atoms with Gasteiger partial charge in [0.1, 0.15) is 5.82 Å². The fraction of sp³-hybridized carbons (Fsp3) is 0.367. The smallest absolute Gasteiger partial charge is 0.271 e. The highest BCUT2D eigenvalue weighted by atomic mass is 35.5. The highest BCUT2D eigenvalue weighted by Gasteiger charge is 2.44. The molecule has 1 aromatic heterocycles. The van der Waals surface area contributed by atoms with Crippen molar-refractivity contribution in [2.24, 2.45) is 11.7 Å². The average Bonchev–Trinajstić information content (AvgIpc) is 3.74. The molecule has 3 N–H and O–H groups in total. The molecule has 1 atom stereocenters. The zero-order chi connectivity index (χ0) is 28.4. The first-order valence-electron chi connectivity index (χ1n) is 13.4. The molecule has 1 saturated heterocycles. The van der Waals surface area contributed by atoms with Gasteiger partial charge in [-0.3, -0.25) is 9.59 Å². The minimum Gasteiger partial charge on any atom is -0.364 e. The van der Waals surface area contributed by atoms with Gasteiger partial charge in [0, 0.05) is 43.0 Å². The van der Waals surface area contributed by atoms with Crippen molar-refractivity contribution in [3.05, 3.63) is 70.5 Å². The summed E-state index contributed by atoms with van der Waals surface area (Å²) in [6.45, 7) is 3.36. The van der Waals surface area contributed by atoms with Crippen molar-refractivity contribution >= 4 is 46.4 Å². The third kappa shape index (κ3) is 5.87. The Kier molecular flexibility index (Phi) is 7.63. The fourth-order valence-electron chi connectivity index (χ4n) is 5.28. The predicted octanol–water partition coefficient (Wildman–Crippen LogP) is 5.11. The lowest BCUT2D eigenvalue weighted by Gasteiger charge is -2.34. The number of aryl methyl sites for hydroxylation is 1. The Hall–Kier alpha value is -4.16. The number of primary amides is 1. The maximum Gasteiger partial charge on any atom is 0.271 e. The number of amides is 2. The predicted molar refractivity (Wildman–Crippen MR) is 156 cm³/mol. The maximum atomic E-state index is 13.1. The lowest BCUT2D eigenvalue weighted by atomic mass is 9.94. The van der Waals surface area contributed by atoms with Crippen molar-refractivity contribution in [3.63, 3.8) is 0 Å². The van der Waals surface area contributed by atoms with Crippen LogP contribution in [0.25, 0.3) is 0 Å². The summed E-state index contributed by atoms with van der Waals surface area (Å²) in [7, 11) is 1.78. The van der Waals surface area contributed by atoms with E-state index in [1.54, 1.807) is 24.2 Å². The SMILES string of the molecule is Cc1cc(Cl)cc(N(C)C(=O)C[C@@H]2CCCN(c3cnc(C(N)=O)c(Nc4ccc(C5(C#N)CC5)cc4)n3)C2)c1. The van der Waals surface area contributed by atoms with Crippen LogP contribution in [0.5, 0.6) is 0 Å². The van der Waals surface area contributed by atoms with Crippen LogP contribution < -0.4 is 20.9 Å². The van der Waals surface area contributed by atoms with Crippen LogP contribution in [0.15, 0.2) is 48.7 Å². The van der Waals surface area contributed by atoms with Gasteiger partial charge in [-0.2, -0.15) is 5.26 Å². The minimum absolute atomic E-state index is 0.0267. The Balaban J connectivity index is 1.29. The number of halogens is 1. The van der Waals surface area contributed by atoms with Gasteiger partial charge in [0.25, 0.3) is 5.91 Å². The average molecular weight is 558 g/mol. The van der Waals surface area contributed by atoms with Crippen LogP contribution >= 0.6 is 11.6 Å². The van der Waals surface area contributed by atoms with E-state index < -0.39 is 5.91 Å². The van der Waals surface area contributed by atoms with Crippen LogP contribution in [-0.4, -0.2) is 41.9 Å². The molecule has 0 spiro atoms. The number of nitrogens with zero attached hydrogens (tertiary/aromatic N) is 5. The van der Waals surface area contributed by atoms with E-state index in [2.05, 4.69) is 21.3 Å². The normalized spacial score (nSPS) is 17.6. The number of benzene rings is 2. The molecule has 1 saturated carbocycles. The Morgan fingerprint density at radius 1 is 1.25 bits per heavy atom. The molecule has 1 aliphatic heterocycles. The van der Waals surface area contributed by atoms with Crippen LogP contribution in [-0.2, 0) is 10.2 Å². The Morgan fingerprint density at radius 3 is 2.65 bits per heavy atom. The molecular formula is C30H32ClN7O2. The van der Waals surface area contributed by atoms with Gasteiger partial charge >= 0.3 is 0 Å². The van der Waals surface area contributed by atoms with Crippen molar-refractivity contribution in [3.8, 4) is 6.07 Å². The molecule has 5 rings (SSSR count). The first-order chi connectivity index (χ1) is 19.2. The first kappa shape index (κ1) is 27.4. The number of hydrogen-bond donors (Lipinski definition) is 2. The van der Waals surface area contributed by atoms with E-state index in [1.807, 2.05) is 43.3 Å². The van der Waals surface area contributed by atoms with Gasteiger partial charge in [-0.05, 0) is 80.0 Å². The molecule has 0 unspecified atom stereocenters. The molecule has 0 bridgehead atoms. The summed E-state index contributed by atoms with van der Waals surface area (Å²) in [6.07, 6.45) is 5.53. The number of carbonyl (C=O) groups excluding carboxylic acids is 2. The Bertz CT molecular complexity index is 1460. The lowest BCUT2D eigenvalue weighted by molar-refractivity contribution is -0.119. The second kappa shape index (κ2) is 11.1. The van der Waals surface area contributed by atoms with Gasteiger partial charge in [0.05, 0.1) is 17.7 Å². The number of aromatic nitrogens is 2. The van der Waals surface area contributed by atoms with Crippen molar-refractivity contribution in [2.45, 2.75) is 44.4 Å². The van der Waals surface area contributed by atoms with Gasteiger partial charge < -0.3 is 20.9 Å². The summed E-state index contributed by atoms with van der Waals surface area (Å²) in [6, 6.07) is 15.6. The number of anilines is 4. The number of carbonyl (C=O) groups is 2. The van der Waals surface area contributed by atoms with E-state index >= 15 is 0 Å². The Morgan fingerprint density at radius 2 is 2.00 bits per heavy atom. The van der Waals surface area contributed by atoms with E-state index in [4.69, 9.17) is 22.3 Å². The van der Waals surface area contributed by atoms with Gasteiger partial charge in [-0.25, -0.2) is 9.97 Å². The number of nitriles is 1. The number of rotatable bonds is 8. The van der Waals surface area contributed by atoms with Gasteiger partial charge in [0.2, 0.25) is 5.91 Å². The van der Waals surface area contributed by atoms with Crippen LogP contribution in [0, 0.1) is 24.2 Å². The summed E-state index contributed by atoms with van der Waals surface area (Å²) in [5.41, 5.74) is 8.75. The van der Waals surface area contributed by atoms with E-state index in [-0.39, 0.29) is 28.8 Å². The molecule has 2 aliphatic rings. The molecule has 0 radical (unpaired) electrons. The molecule has 2 fully saturated rings. The third-order valence-corrected chi connectivity index (χ3v) is 7.97. The standard InChI is InChI=1S/C30H32ClN7O2/c1-19-12-22(31)15-24(13-19)37(2)26(39)14-20-4-3-11-38(17-20)25-16-34-27(28(33)40)29(36-25)35-23-7-5-21(6-8-23)30(18-32)9-10-30/h5-8,12-13,15-16,20H,3-4,9-11,14,17H2,1-2H3,(H2,33,40)(H,35,36)/t20-/m0/s1. The van der Waals surface area contributed by atoms with Gasteiger partial charge in [0.15, 0.2) is 11.5 Å².